The zero-order valence-electron chi connectivity index (χ0n) is 6.62. The summed E-state index contributed by atoms with van der Waals surface area (Å²) in [7, 11) is 0. The number of rotatable bonds is 0. The molecule has 12 heavy (non-hydrogen) atoms. The van der Waals surface area contributed by atoms with Gasteiger partial charge < -0.3 is 10.9 Å². The van der Waals surface area contributed by atoms with Gasteiger partial charge in [0.2, 0.25) is 0 Å². The topological polar surface area (TPSA) is 58.6 Å². The molecule has 2 rings (SSSR count). The number of nitrogen functional groups attached to an aromatic ring is 1. The number of fused-ring (bicyclic) bond motifs is 1. The summed E-state index contributed by atoms with van der Waals surface area (Å²) in [5, 5.41) is 11.9. The Morgan fingerprint density at radius 1 is 1.33 bits per heavy atom. The predicted molar refractivity (Wildman–Crippen MR) is 47.5 cm³/mol. The molecule has 0 spiro atoms. The third kappa shape index (κ3) is 0.942. The van der Waals surface area contributed by atoms with Crippen LogP contribution in [0.2, 0.25) is 0 Å². The Balaban J connectivity index is 2.55. The van der Waals surface area contributed by atoms with Crippen LogP contribution < -0.4 is 5.73 Å². The van der Waals surface area contributed by atoms with Crippen molar-refractivity contribution in [3.8, 4) is 0 Å². The number of hydrogen-bond donors (Lipinski definition) is 2. The molecule has 1 aliphatic carbocycles. The molecule has 0 unspecified atom stereocenters. The highest BCUT2D eigenvalue weighted by Gasteiger charge is 2.17. The number of hydrogen-bond acceptors (Lipinski definition) is 3. The van der Waals surface area contributed by atoms with E-state index in [1.165, 1.54) is 5.56 Å². The van der Waals surface area contributed by atoms with Gasteiger partial charge in [-0.1, -0.05) is 11.2 Å². The molecule has 62 valence electrons. The lowest BCUT2D eigenvalue weighted by atomic mass is 10.1. The van der Waals surface area contributed by atoms with Gasteiger partial charge in [0.15, 0.2) is 0 Å². The molecule has 0 saturated carbocycles. The van der Waals surface area contributed by atoms with Gasteiger partial charge in [-0.2, -0.15) is 0 Å². The second-order valence-corrected chi connectivity index (χ2v) is 2.96. The van der Waals surface area contributed by atoms with Crippen LogP contribution in [0, 0.1) is 0 Å². The van der Waals surface area contributed by atoms with Gasteiger partial charge in [-0.3, -0.25) is 0 Å². The number of nitrogens with two attached hydrogens (primary N) is 1. The van der Waals surface area contributed by atoms with Gasteiger partial charge >= 0.3 is 0 Å². The zero-order chi connectivity index (χ0) is 8.55. The van der Waals surface area contributed by atoms with Crippen LogP contribution in [0.15, 0.2) is 23.4 Å². The number of anilines is 1. The molecule has 0 amide bonds. The first-order valence-corrected chi connectivity index (χ1v) is 3.91. The van der Waals surface area contributed by atoms with Crippen LogP contribution in [0.25, 0.3) is 0 Å². The molecule has 3 nitrogen and oxygen atoms in total. The standard InChI is InChI=1S/C9H10N2O/c10-7-2-3-8-6(5-7)1-4-9(8)11-12/h2-3,5,12H,1,4,10H2/b11-9+. The van der Waals surface area contributed by atoms with E-state index in [0.29, 0.717) is 0 Å². The van der Waals surface area contributed by atoms with Gasteiger partial charge in [0, 0.05) is 11.3 Å². The summed E-state index contributed by atoms with van der Waals surface area (Å²) < 4.78 is 0. The summed E-state index contributed by atoms with van der Waals surface area (Å²) in [6.45, 7) is 0. The highest BCUT2D eigenvalue weighted by Crippen LogP contribution is 2.24. The van der Waals surface area contributed by atoms with E-state index >= 15 is 0 Å². The minimum absolute atomic E-state index is 0.769. The summed E-state index contributed by atoms with van der Waals surface area (Å²) in [6.07, 6.45) is 1.75. The highest BCUT2D eigenvalue weighted by molar-refractivity contribution is 6.04. The minimum atomic E-state index is 0.769. The van der Waals surface area contributed by atoms with Gasteiger partial charge in [-0.25, -0.2) is 0 Å². The average molecular weight is 162 g/mol. The lowest BCUT2D eigenvalue weighted by molar-refractivity contribution is 0.318. The van der Waals surface area contributed by atoms with Crippen molar-refractivity contribution in [2.45, 2.75) is 12.8 Å². The van der Waals surface area contributed by atoms with Crippen molar-refractivity contribution in [1.82, 2.24) is 0 Å². The monoisotopic (exact) mass is 162 g/mol. The van der Waals surface area contributed by atoms with Crippen molar-refractivity contribution >= 4 is 11.4 Å². The Kier molecular flexibility index (Phi) is 1.50. The quantitative estimate of drug-likeness (QED) is 0.344. The molecule has 0 fully saturated rings. The third-order valence-electron chi connectivity index (χ3n) is 2.19. The predicted octanol–water partition coefficient (Wildman–Crippen LogP) is 1.39. The van der Waals surface area contributed by atoms with E-state index in [2.05, 4.69) is 5.16 Å². The fraction of sp³-hybridized carbons (Fsp3) is 0.222. The summed E-state index contributed by atoms with van der Waals surface area (Å²) >= 11 is 0. The van der Waals surface area contributed by atoms with Crippen LogP contribution in [0.1, 0.15) is 17.5 Å². The first-order valence-electron chi connectivity index (χ1n) is 3.91. The molecule has 0 saturated heterocycles. The summed E-state index contributed by atoms with van der Waals surface area (Å²) in [6, 6.07) is 5.68. The van der Waals surface area contributed by atoms with Crippen LogP contribution in [0.3, 0.4) is 0 Å². The van der Waals surface area contributed by atoms with Crippen LogP contribution in [-0.4, -0.2) is 10.9 Å². The number of nitrogens with zero attached hydrogens (tertiary/aromatic N) is 1. The highest BCUT2D eigenvalue weighted by atomic mass is 16.4. The Labute approximate surface area is 70.5 Å². The van der Waals surface area contributed by atoms with Crippen LogP contribution in [0.5, 0.6) is 0 Å². The Morgan fingerprint density at radius 2 is 2.17 bits per heavy atom. The Morgan fingerprint density at radius 3 is 2.92 bits per heavy atom. The van der Waals surface area contributed by atoms with E-state index in [9.17, 15) is 0 Å². The molecule has 3 heteroatoms. The van der Waals surface area contributed by atoms with Crippen molar-refractivity contribution in [3.05, 3.63) is 29.3 Å². The maximum atomic E-state index is 8.64. The minimum Gasteiger partial charge on any atom is -0.411 e. The second kappa shape index (κ2) is 2.52. The van der Waals surface area contributed by atoms with Crippen LogP contribution in [-0.2, 0) is 6.42 Å². The first kappa shape index (κ1) is 7.16. The zero-order valence-corrected chi connectivity index (χ0v) is 6.62. The van der Waals surface area contributed by atoms with Gasteiger partial charge in [-0.05, 0) is 30.5 Å². The normalized spacial score (nSPS) is 18.2. The Bertz CT molecular complexity index is 344. The number of benzene rings is 1. The summed E-state index contributed by atoms with van der Waals surface area (Å²) in [5.41, 5.74) is 9.37. The largest absolute Gasteiger partial charge is 0.411 e. The number of aryl methyl sites for hydroxylation is 1. The fourth-order valence-electron chi connectivity index (χ4n) is 1.59. The van der Waals surface area contributed by atoms with Crippen molar-refractivity contribution in [2.24, 2.45) is 5.16 Å². The molecule has 1 aromatic rings. The molecular weight excluding hydrogens is 152 g/mol. The molecule has 0 atom stereocenters. The second-order valence-electron chi connectivity index (χ2n) is 2.96. The SMILES string of the molecule is Nc1ccc2c(c1)CC/C2=N\O. The van der Waals surface area contributed by atoms with Crippen molar-refractivity contribution in [2.75, 3.05) is 5.73 Å². The number of oxime groups is 1. The molecule has 0 heterocycles. The lowest BCUT2D eigenvalue weighted by Gasteiger charge is -1.98. The van der Waals surface area contributed by atoms with Crippen molar-refractivity contribution in [3.63, 3.8) is 0 Å². The molecule has 1 aromatic carbocycles. The smallest absolute Gasteiger partial charge is 0.0873 e. The van der Waals surface area contributed by atoms with Gasteiger partial charge in [0.05, 0.1) is 5.71 Å². The van der Waals surface area contributed by atoms with E-state index < -0.39 is 0 Å². The van der Waals surface area contributed by atoms with E-state index in [-0.39, 0.29) is 0 Å². The van der Waals surface area contributed by atoms with E-state index in [1.807, 2.05) is 18.2 Å². The molecule has 0 aliphatic heterocycles. The maximum absolute atomic E-state index is 8.64. The summed E-state index contributed by atoms with van der Waals surface area (Å²) in [4.78, 5) is 0. The molecule has 0 aromatic heterocycles. The van der Waals surface area contributed by atoms with Crippen LogP contribution in [0.4, 0.5) is 5.69 Å². The first-order chi connectivity index (χ1) is 5.81. The van der Waals surface area contributed by atoms with Gasteiger partial charge in [0.25, 0.3) is 0 Å². The van der Waals surface area contributed by atoms with Crippen molar-refractivity contribution in [1.29, 1.82) is 0 Å². The van der Waals surface area contributed by atoms with Crippen LogP contribution >= 0.6 is 0 Å². The van der Waals surface area contributed by atoms with E-state index in [0.717, 1.165) is 29.8 Å². The Hall–Kier alpha value is -1.51. The maximum Gasteiger partial charge on any atom is 0.0873 e. The van der Waals surface area contributed by atoms with Gasteiger partial charge in [0.1, 0.15) is 0 Å². The molecule has 3 N–H and O–H groups in total. The van der Waals surface area contributed by atoms with E-state index in [4.69, 9.17) is 10.9 Å². The van der Waals surface area contributed by atoms with Crippen molar-refractivity contribution < 1.29 is 5.21 Å². The lowest BCUT2D eigenvalue weighted by Crippen LogP contribution is -1.94. The third-order valence-corrected chi connectivity index (χ3v) is 2.19. The average Bonchev–Trinajstić information content (AvgIpc) is 2.46. The molecule has 1 aliphatic rings. The summed E-state index contributed by atoms with van der Waals surface area (Å²) in [5.74, 6) is 0. The van der Waals surface area contributed by atoms with Gasteiger partial charge in [-0.15, -0.1) is 0 Å². The molecule has 0 radical (unpaired) electrons. The van der Waals surface area contributed by atoms with E-state index in [1.54, 1.807) is 0 Å². The molecular formula is C9H10N2O. The molecule has 0 bridgehead atoms. The fourth-order valence-corrected chi connectivity index (χ4v) is 1.59.